The highest BCUT2D eigenvalue weighted by Gasteiger charge is 2.03. The van der Waals surface area contributed by atoms with Gasteiger partial charge in [0.25, 0.3) is 0 Å². The molecule has 0 unspecified atom stereocenters. The van der Waals surface area contributed by atoms with E-state index in [0.717, 1.165) is 22.5 Å². The Balaban J connectivity index is 2.53. The Morgan fingerprint density at radius 2 is 2.07 bits per heavy atom. The van der Waals surface area contributed by atoms with Crippen molar-refractivity contribution in [2.45, 2.75) is 6.92 Å². The highest BCUT2D eigenvalue weighted by Crippen LogP contribution is 2.22. The summed E-state index contributed by atoms with van der Waals surface area (Å²) in [7, 11) is 1.92. The first-order valence-electron chi connectivity index (χ1n) is 4.53. The molecule has 0 radical (unpaired) electrons. The Bertz CT molecular complexity index is 457. The lowest BCUT2D eigenvalue weighted by Crippen LogP contribution is -1.95. The van der Waals surface area contributed by atoms with Crippen LogP contribution < -0.4 is 5.73 Å². The van der Waals surface area contributed by atoms with Gasteiger partial charge in [-0.05, 0) is 24.6 Å². The summed E-state index contributed by atoms with van der Waals surface area (Å²) in [5.41, 5.74) is 9.96. The van der Waals surface area contributed by atoms with Crippen LogP contribution in [0.3, 0.4) is 0 Å². The van der Waals surface area contributed by atoms with E-state index >= 15 is 0 Å². The van der Waals surface area contributed by atoms with Gasteiger partial charge in [0, 0.05) is 24.5 Å². The van der Waals surface area contributed by atoms with Gasteiger partial charge < -0.3 is 5.73 Å². The molecule has 0 atom stereocenters. The third kappa shape index (κ3) is 1.37. The molecule has 0 spiro atoms. The van der Waals surface area contributed by atoms with Crippen molar-refractivity contribution in [1.29, 1.82) is 0 Å². The highest BCUT2D eigenvalue weighted by atomic mass is 15.2. The molecule has 0 saturated heterocycles. The summed E-state index contributed by atoms with van der Waals surface area (Å²) >= 11 is 0. The molecule has 0 aliphatic heterocycles. The highest BCUT2D eigenvalue weighted by molar-refractivity contribution is 5.66. The van der Waals surface area contributed by atoms with E-state index in [2.05, 4.69) is 11.2 Å². The molecule has 0 aliphatic carbocycles. The van der Waals surface area contributed by atoms with E-state index in [9.17, 15) is 0 Å². The average molecular weight is 187 g/mol. The molecule has 0 fully saturated rings. The van der Waals surface area contributed by atoms with Gasteiger partial charge in [-0.25, -0.2) is 0 Å². The normalized spacial score (nSPS) is 10.4. The minimum absolute atomic E-state index is 0.823. The molecule has 1 aromatic heterocycles. The van der Waals surface area contributed by atoms with Gasteiger partial charge >= 0.3 is 0 Å². The van der Waals surface area contributed by atoms with Crippen molar-refractivity contribution in [2.75, 3.05) is 5.73 Å². The number of anilines is 1. The van der Waals surface area contributed by atoms with Gasteiger partial charge in [0.1, 0.15) is 0 Å². The van der Waals surface area contributed by atoms with Gasteiger partial charge in [-0.1, -0.05) is 12.1 Å². The fourth-order valence-corrected chi connectivity index (χ4v) is 1.46. The van der Waals surface area contributed by atoms with Crippen molar-refractivity contribution in [3.8, 4) is 11.3 Å². The van der Waals surface area contributed by atoms with E-state index in [-0.39, 0.29) is 0 Å². The monoisotopic (exact) mass is 187 g/mol. The lowest BCUT2D eigenvalue weighted by atomic mass is 10.1. The predicted molar refractivity (Wildman–Crippen MR) is 57.8 cm³/mol. The van der Waals surface area contributed by atoms with Crippen molar-refractivity contribution in [3.63, 3.8) is 0 Å². The van der Waals surface area contributed by atoms with Crippen LogP contribution in [0.2, 0.25) is 0 Å². The first-order chi connectivity index (χ1) is 6.68. The van der Waals surface area contributed by atoms with Crippen molar-refractivity contribution >= 4 is 5.69 Å². The summed E-state index contributed by atoms with van der Waals surface area (Å²) in [5, 5.41) is 4.12. The van der Waals surface area contributed by atoms with Crippen LogP contribution in [0.15, 0.2) is 30.5 Å². The van der Waals surface area contributed by atoms with E-state index in [4.69, 9.17) is 5.73 Å². The number of benzene rings is 1. The van der Waals surface area contributed by atoms with Crippen LogP contribution >= 0.6 is 0 Å². The van der Waals surface area contributed by atoms with Crippen molar-refractivity contribution < 1.29 is 0 Å². The van der Waals surface area contributed by atoms with E-state index in [1.165, 1.54) is 0 Å². The minimum atomic E-state index is 0.823. The number of aromatic nitrogens is 2. The van der Waals surface area contributed by atoms with Gasteiger partial charge in [-0.3, -0.25) is 4.68 Å². The van der Waals surface area contributed by atoms with E-state index in [1.807, 2.05) is 36.9 Å². The van der Waals surface area contributed by atoms with Gasteiger partial charge in [0.05, 0.1) is 5.69 Å². The quantitative estimate of drug-likeness (QED) is 0.694. The Morgan fingerprint density at radius 3 is 2.64 bits per heavy atom. The number of nitrogen functional groups attached to an aromatic ring is 1. The Morgan fingerprint density at radius 1 is 1.29 bits per heavy atom. The molecule has 0 aliphatic rings. The fourth-order valence-electron chi connectivity index (χ4n) is 1.46. The van der Waals surface area contributed by atoms with Crippen LogP contribution in [0.25, 0.3) is 11.3 Å². The molecule has 1 aromatic carbocycles. The molecular formula is C11H13N3. The summed E-state index contributed by atoms with van der Waals surface area (Å²) < 4.78 is 1.84. The largest absolute Gasteiger partial charge is 0.398 e. The molecule has 2 aromatic rings. The topological polar surface area (TPSA) is 43.8 Å². The maximum atomic E-state index is 5.85. The smallest absolute Gasteiger partial charge is 0.0679 e. The van der Waals surface area contributed by atoms with Crippen LogP contribution in [0.4, 0.5) is 5.69 Å². The fraction of sp³-hybridized carbons (Fsp3) is 0.182. The molecule has 2 N–H and O–H groups in total. The molecule has 0 saturated carbocycles. The summed E-state index contributed by atoms with van der Waals surface area (Å²) in [6, 6.07) is 8.04. The number of nitrogens with two attached hydrogens (primary N) is 1. The number of nitrogens with zero attached hydrogens (tertiary/aromatic N) is 2. The van der Waals surface area contributed by atoms with E-state index in [1.54, 1.807) is 6.20 Å². The molecule has 0 bridgehead atoms. The van der Waals surface area contributed by atoms with Gasteiger partial charge in [-0.15, -0.1) is 0 Å². The number of hydrogen-bond acceptors (Lipinski definition) is 2. The van der Waals surface area contributed by atoms with Crippen LogP contribution in [0.1, 0.15) is 5.56 Å². The van der Waals surface area contributed by atoms with Gasteiger partial charge in [0.2, 0.25) is 0 Å². The zero-order valence-corrected chi connectivity index (χ0v) is 8.36. The number of aryl methyl sites for hydroxylation is 2. The van der Waals surface area contributed by atoms with Crippen LogP contribution in [0.5, 0.6) is 0 Å². The number of rotatable bonds is 1. The first kappa shape index (κ1) is 8.81. The molecule has 3 nitrogen and oxygen atoms in total. The molecule has 1 heterocycles. The van der Waals surface area contributed by atoms with E-state index in [0.29, 0.717) is 0 Å². The average Bonchev–Trinajstić information content (AvgIpc) is 2.57. The summed E-state index contributed by atoms with van der Waals surface area (Å²) in [6.45, 7) is 2.00. The molecule has 14 heavy (non-hydrogen) atoms. The van der Waals surface area contributed by atoms with Crippen LogP contribution in [0, 0.1) is 6.92 Å². The zero-order chi connectivity index (χ0) is 10.1. The van der Waals surface area contributed by atoms with Crippen molar-refractivity contribution in [1.82, 2.24) is 9.78 Å². The molecular weight excluding hydrogens is 174 g/mol. The molecule has 3 heteroatoms. The minimum Gasteiger partial charge on any atom is -0.398 e. The van der Waals surface area contributed by atoms with Crippen molar-refractivity contribution in [3.05, 3.63) is 36.0 Å². The lowest BCUT2D eigenvalue weighted by molar-refractivity contribution is 0.776. The van der Waals surface area contributed by atoms with Crippen molar-refractivity contribution in [2.24, 2.45) is 7.05 Å². The third-order valence-electron chi connectivity index (χ3n) is 2.40. The number of hydrogen-bond donors (Lipinski definition) is 1. The zero-order valence-electron chi connectivity index (χ0n) is 8.36. The Kier molecular flexibility index (Phi) is 2.00. The second-order valence-corrected chi connectivity index (χ2v) is 3.41. The van der Waals surface area contributed by atoms with Crippen LogP contribution in [-0.2, 0) is 7.05 Å². The van der Waals surface area contributed by atoms with Crippen LogP contribution in [-0.4, -0.2) is 9.78 Å². The lowest BCUT2D eigenvalue weighted by Gasteiger charge is -2.05. The van der Waals surface area contributed by atoms with Gasteiger partial charge in [0.15, 0.2) is 0 Å². The van der Waals surface area contributed by atoms with E-state index < -0.39 is 0 Å². The standard InChI is InChI=1S/C11H13N3/c1-8-3-4-9(7-10(8)12)11-5-6-13-14(11)2/h3-7H,12H2,1-2H3. The SMILES string of the molecule is Cc1ccc(-c2ccnn2C)cc1N. The Labute approximate surface area is 83.2 Å². The second kappa shape index (κ2) is 3.18. The third-order valence-corrected chi connectivity index (χ3v) is 2.40. The summed E-state index contributed by atoms with van der Waals surface area (Å²) in [4.78, 5) is 0. The second-order valence-electron chi connectivity index (χ2n) is 3.41. The molecule has 72 valence electrons. The maximum Gasteiger partial charge on any atom is 0.0679 e. The predicted octanol–water partition coefficient (Wildman–Crippen LogP) is 1.98. The Hall–Kier alpha value is -1.77. The summed E-state index contributed by atoms with van der Waals surface area (Å²) in [5.74, 6) is 0. The molecule has 2 rings (SSSR count). The first-order valence-corrected chi connectivity index (χ1v) is 4.53. The molecule has 0 amide bonds. The summed E-state index contributed by atoms with van der Waals surface area (Å²) in [6.07, 6.45) is 1.78. The maximum absolute atomic E-state index is 5.85. The van der Waals surface area contributed by atoms with Gasteiger partial charge in [-0.2, -0.15) is 5.10 Å².